The van der Waals surface area contributed by atoms with Crippen LogP contribution in [0.1, 0.15) is 34.1 Å². The minimum Gasteiger partial charge on any atom is -0.326 e. The van der Waals surface area contributed by atoms with Crippen molar-refractivity contribution in [1.29, 1.82) is 0 Å². The van der Waals surface area contributed by atoms with Crippen molar-refractivity contribution in [3.8, 4) is 0 Å². The van der Waals surface area contributed by atoms with Gasteiger partial charge in [0.1, 0.15) is 4.90 Å². The van der Waals surface area contributed by atoms with E-state index < -0.39 is 10.0 Å². The van der Waals surface area contributed by atoms with Gasteiger partial charge in [0, 0.05) is 24.7 Å². The number of nitrogens with one attached hydrogen (secondary N) is 1. The molecule has 22 heavy (non-hydrogen) atoms. The van der Waals surface area contributed by atoms with E-state index in [9.17, 15) is 13.2 Å². The second-order valence-electron chi connectivity index (χ2n) is 5.03. The molecule has 0 spiro atoms. The van der Waals surface area contributed by atoms with E-state index in [2.05, 4.69) is 5.32 Å². The number of carbonyl (C=O) groups excluding carboxylic acids is 1. The number of halogens is 1. The van der Waals surface area contributed by atoms with Crippen molar-refractivity contribution in [1.82, 2.24) is 4.31 Å². The molecule has 1 rings (SSSR count). The number of amides is 1. The molecule has 0 saturated heterocycles. The van der Waals surface area contributed by atoms with Crippen LogP contribution in [0.2, 0.25) is 5.02 Å². The van der Waals surface area contributed by atoms with E-state index in [0.29, 0.717) is 25.2 Å². The van der Waals surface area contributed by atoms with Crippen molar-refractivity contribution in [2.24, 2.45) is 5.92 Å². The van der Waals surface area contributed by atoms with E-state index >= 15 is 0 Å². The average molecular weight is 347 g/mol. The Labute approximate surface area is 137 Å². The van der Waals surface area contributed by atoms with Gasteiger partial charge in [0.2, 0.25) is 15.9 Å². The highest BCUT2D eigenvalue weighted by molar-refractivity contribution is 7.89. The van der Waals surface area contributed by atoms with Gasteiger partial charge in [0.05, 0.1) is 5.02 Å². The van der Waals surface area contributed by atoms with Gasteiger partial charge in [-0.25, -0.2) is 8.42 Å². The molecule has 0 aliphatic carbocycles. The van der Waals surface area contributed by atoms with Gasteiger partial charge >= 0.3 is 0 Å². The Hall–Kier alpha value is -1.11. The highest BCUT2D eigenvalue weighted by atomic mass is 35.5. The summed E-state index contributed by atoms with van der Waals surface area (Å²) in [4.78, 5) is 11.9. The maximum absolute atomic E-state index is 12.6. The van der Waals surface area contributed by atoms with Crippen molar-refractivity contribution in [2.75, 3.05) is 18.4 Å². The fraction of sp³-hybridized carbons (Fsp3) is 0.533. The van der Waals surface area contributed by atoms with E-state index in [1.54, 1.807) is 19.9 Å². The number of benzene rings is 1. The van der Waals surface area contributed by atoms with Crippen molar-refractivity contribution < 1.29 is 13.2 Å². The van der Waals surface area contributed by atoms with Crippen LogP contribution in [0.4, 0.5) is 5.69 Å². The van der Waals surface area contributed by atoms with Crippen molar-refractivity contribution in [3.05, 3.63) is 23.2 Å². The molecule has 0 aromatic heterocycles. The van der Waals surface area contributed by atoms with Crippen molar-refractivity contribution in [3.63, 3.8) is 0 Å². The molecule has 1 amide bonds. The third-order valence-electron chi connectivity index (χ3n) is 3.58. The Morgan fingerprint density at radius 1 is 1.27 bits per heavy atom. The van der Waals surface area contributed by atoms with Crippen molar-refractivity contribution in [2.45, 2.75) is 39.0 Å². The lowest BCUT2D eigenvalue weighted by Crippen LogP contribution is -2.31. The molecule has 0 heterocycles. The van der Waals surface area contributed by atoms with Gasteiger partial charge in [-0.3, -0.25) is 4.79 Å². The van der Waals surface area contributed by atoms with E-state index in [0.717, 1.165) is 0 Å². The molecular weight excluding hydrogens is 324 g/mol. The molecule has 1 atom stereocenters. The molecule has 5 nitrogen and oxygen atoms in total. The van der Waals surface area contributed by atoms with Gasteiger partial charge in [0.25, 0.3) is 0 Å². The molecule has 0 radical (unpaired) electrons. The first-order valence-electron chi connectivity index (χ1n) is 7.38. The summed E-state index contributed by atoms with van der Waals surface area (Å²) < 4.78 is 26.5. The van der Waals surface area contributed by atoms with Crippen LogP contribution in [-0.4, -0.2) is 31.7 Å². The molecular formula is C15H23ClN2O3S. The third-order valence-corrected chi connectivity index (χ3v) is 6.11. The lowest BCUT2D eigenvalue weighted by molar-refractivity contribution is -0.119. The van der Waals surface area contributed by atoms with E-state index in [-0.39, 0.29) is 21.7 Å². The van der Waals surface area contributed by atoms with Crippen LogP contribution in [0.15, 0.2) is 23.1 Å². The molecule has 0 fully saturated rings. The molecule has 1 unspecified atom stereocenters. The van der Waals surface area contributed by atoms with Crippen LogP contribution >= 0.6 is 11.6 Å². The zero-order chi connectivity index (χ0) is 16.9. The summed E-state index contributed by atoms with van der Waals surface area (Å²) in [6, 6.07) is 4.50. The largest absolute Gasteiger partial charge is 0.326 e. The van der Waals surface area contributed by atoms with Crippen LogP contribution in [-0.2, 0) is 14.8 Å². The molecule has 0 saturated carbocycles. The summed E-state index contributed by atoms with van der Waals surface area (Å²) in [5.41, 5.74) is 0.431. The van der Waals surface area contributed by atoms with E-state index in [1.807, 2.05) is 13.8 Å². The molecule has 7 heteroatoms. The predicted octanol–water partition coefficient (Wildman–Crippen LogP) is 3.36. The molecule has 1 aromatic rings. The number of rotatable bonds is 7. The molecule has 1 N–H and O–H groups in total. The molecule has 1 aromatic carbocycles. The highest BCUT2D eigenvalue weighted by Crippen LogP contribution is 2.28. The number of hydrogen-bond donors (Lipinski definition) is 1. The quantitative estimate of drug-likeness (QED) is 0.823. The summed E-state index contributed by atoms with van der Waals surface area (Å²) in [5, 5.41) is 2.87. The molecule has 124 valence electrons. The first-order chi connectivity index (χ1) is 10.3. The standard InChI is InChI=1S/C15H23ClN2O3S/c1-5-11(4)15(19)17-12-8-9-13(16)14(10-12)22(20,21)18(6-2)7-3/h8-11H,5-7H2,1-4H3,(H,17,19). The number of hydrogen-bond acceptors (Lipinski definition) is 3. The Morgan fingerprint density at radius 3 is 2.36 bits per heavy atom. The zero-order valence-corrected chi connectivity index (χ0v) is 15.0. The number of anilines is 1. The summed E-state index contributed by atoms with van der Waals surface area (Å²) in [5.74, 6) is -0.283. The summed E-state index contributed by atoms with van der Waals surface area (Å²) in [6.07, 6.45) is 0.712. The molecule has 0 bridgehead atoms. The predicted molar refractivity (Wildman–Crippen MR) is 89.6 cm³/mol. The maximum atomic E-state index is 12.6. The SMILES string of the molecule is CCC(C)C(=O)Nc1ccc(Cl)c(S(=O)(=O)N(CC)CC)c1. The molecule has 0 aliphatic heterocycles. The first-order valence-corrected chi connectivity index (χ1v) is 9.20. The summed E-state index contributed by atoms with van der Waals surface area (Å²) in [7, 11) is -3.67. The smallest absolute Gasteiger partial charge is 0.244 e. The second-order valence-corrected chi connectivity index (χ2v) is 7.35. The third kappa shape index (κ3) is 4.21. The number of nitrogens with zero attached hydrogens (tertiary/aromatic N) is 1. The van der Waals surface area contributed by atoms with E-state index in [1.165, 1.54) is 16.4 Å². The zero-order valence-electron chi connectivity index (χ0n) is 13.4. The Morgan fingerprint density at radius 2 is 1.86 bits per heavy atom. The maximum Gasteiger partial charge on any atom is 0.244 e. The number of sulfonamides is 1. The average Bonchev–Trinajstić information content (AvgIpc) is 2.48. The van der Waals surface area contributed by atoms with Crippen LogP contribution in [0.3, 0.4) is 0 Å². The number of carbonyl (C=O) groups is 1. The fourth-order valence-electron chi connectivity index (χ4n) is 1.93. The van der Waals surface area contributed by atoms with Gasteiger partial charge < -0.3 is 5.32 Å². The first kappa shape index (κ1) is 18.9. The molecule has 0 aliphatic rings. The lowest BCUT2D eigenvalue weighted by atomic mass is 10.1. The van der Waals surface area contributed by atoms with Crippen LogP contribution in [0.5, 0.6) is 0 Å². The second kappa shape index (κ2) is 7.94. The minimum absolute atomic E-state index is 0.0137. The van der Waals surface area contributed by atoms with Gasteiger partial charge in [-0.05, 0) is 24.6 Å². The van der Waals surface area contributed by atoms with Gasteiger partial charge in [0.15, 0.2) is 0 Å². The van der Waals surface area contributed by atoms with Crippen LogP contribution < -0.4 is 5.32 Å². The summed E-state index contributed by atoms with van der Waals surface area (Å²) >= 11 is 6.05. The summed E-state index contributed by atoms with van der Waals surface area (Å²) in [6.45, 7) is 7.99. The van der Waals surface area contributed by atoms with Crippen LogP contribution in [0.25, 0.3) is 0 Å². The fourth-order valence-corrected chi connectivity index (χ4v) is 3.89. The Balaban J connectivity index is 3.18. The van der Waals surface area contributed by atoms with Crippen molar-refractivity contribution >= 4 is 33.2 Å². The Bertz CT molecular complexity index is 628. The topological polar surface area (TPSA) is 66.5 Å². The van der Waals surface area contributed by atoms with E-state index in [4.69, 9.17) is 11.6 Å². The Kier molecular flexibility index (Phi) is 6.84. The van der Waals surface area contributed by atoms with Gasteiger partial charge in [-0.1, -0.05) is 39.3 Å². The lowest BCUT2D eigenvalue weighted by Gasteiger charge is -2.20. The normalized spacial score (nSPS) is 13.2. The van der Waals surface area contributed by atoms with Gasteiger partial charge in [-0.2, -0.15) is 4.31 Å². The van der Waals surface area contributed by atoms with Crippen LogP contribution in [0, 0.1) is 5.92 Å². The minimum atomic E-state index is -3.67. The van der Waals surface area contributed by atoms with Gasteiger partial charge in [-0.15, -0.1) is 0 Å². The monoisotopic (exact) mass is 346 g/mol. The highest BCUT2D eigenvalue weighted by Gasteiger charge is 2.25.